The molecule has 0 bridgehead atoms. The molecular weight excluding hydrogens is 356 g/mol. The summed E-state index contributed by atoms with van der Waals surface area (Å²) in [4.78, 5) is 23.5. The van der Waals surface area contributed by atoms with Gasteiger partial charge in [0.05, 0.1) is 18.0 Å². The second kappa shape index (κ2) is 7.35. The number of fused-ring (bicyclic) bond motifs is 1. The minimum atomic E-state index is -0.566. The fourth-order valence-electron chi connectivity index (χ4n) is 4.01. The molecule has 2 heterocycles. The maximum absolute atomic E-state index is 11.9. The van der Waals surface area contributed by atoms with Gasteiger partial charge < -0.3 is 16.4 Å². The molecule has 2 amide bonds. The molecule has 1 saturated carbocycles. The van der Waals surface area contributed by atoms with Gasteiger partial charge in [-0.15, -0.1) is 0 Å². The number of carbonyl (C=O) groups excluding carboxylic acids is 2. The van der Waals surface area contributed by atoms with Crippen LogP contribution in [0.3, 0.4) is 0 Å². The molecule has 0 radical (unpaired) electrons. The van der Waals surface area contributed by atoms with Crippen LogP contribution in [0, 0.1) is 17.2 Å². The van der Waals surface area contributed by atoms with Crippen LogP contribution in [0.2, 0.25) is 0 Å². The summed E-state index contributed by atoms with van der Waals surface area (Å²) in [5, 5.41) is 20.0. The van der Waals surface area contributed by atoms with Crippen LogP contribution >= 0.6 is 0 Å². The monoisotopic (exact) mass is 378 g/mol. The first-order valence-electron chi connectivity index (χ1n) is 9.53. The standard InChI is InChI=1S/C20H22N6O2/c21-10-13-3-1-2-4-17(13)26-11-15(19(22)28)20(25-26)23-14-6-7-16-12(9-14)5-8-18(27)24-16/h6-7,9,11,13,17H,1-5,8H2,(H2,22,28)(H,23,25)(H,24,27)/t13-,17+/m1/s1. The number of anilines is 3. The number of nitrogens with two attached hydrogens (primary N) is 1. The number of aromatic nitrogens is 2. The minimum Gasteiger partial charge on any atom is -0.365 e. The van der Waals surface area contributed by atoms with E-state index in [4.69, 9.17) is 5.73 Å². The SMILES string of the molecule is N#C[C@H]1CCCC[C@@H]1n1cc(C(N)=O)c(Nc2ccc3c(c2)CCC(=O)N3)n1. The molecule has 1 aliphatic carbocycles. The van der Waals surface area contributed by atoms with Gasteiger partial charge in [-0.3, -0.25) is 14.3 Å². The molecule has 0 saturated heterocycles. The lowest BCUT2D eigenvalue weighted by molar-refractivity contribution is -0.116. The van der Waals surface area contributed by atoms with Gasteiger partial charge in [0.1, 0.15) is 5.56 Å². The molecule has 1 aromatic carbocycles. The van der Waals surface area contributed by atoms with Gasteiger partial charge in [-0.25, -0.2) is 0 Å². The summed E-state index contributed by atoms with van der Waals surface area (Å²) in [6.07, 6.45) is 6.53. The highest BCUT2D eigenvalue weighted by Crippen LogP contribution is 2.35. The molecule has 2 atom stereocenters. The molecule has 2 aromatic rings. The molecule has 0 spiro atoms. The van der Waals surface area contributed by atoms with Crippen LogP contribution in [-0.2, 0) is 11.2 Å². The van der Waals surface area contributed by atoms with Crippen LogP contribution in [0.4, 0.5) is 17.2 Å². The smallest absolute Gasteiger partial charge is 0.254 e. The first-order valence-corrected chi connectivity index (χ1v) is 9.53. The Balaban J connectivity index is 1.62. The maximum Gasteiger partial charge on any atom is 0.254 e. The summed E-state index contributed by atoms with van der Waals surface area (Å²) in [6.45, 7) is 0. The van der Waals surface area contributed by atoms with E-state index in [9.17, 15) is 14.9 Å². The molecule has 2 aliphatic rings. The highest BCUT2D eigenvalue weighted by Gasteiger charge is 2.29. The van der Waals surface area contributed by atoms with Gasteiger partial charge in [0.2, 0.25) is 5.91 Å². The average Bonchev–Trinajstić information content (AvgIpc) is 3.12. The fourth-order valence-corrected chi connectivity index (χ4v) is 4.01. The van der Waals surface area contributed by atoms with Crippen molar-refractivity contribution in [1.29, 1.82) is 5.26 Å². The number of aryl methyl sites for hydroxylation is 1. The van der Waals surface area contributed by atoms with Crippen LogP contribution < -0.4 is 16.4 Å². The lowest BCUT2D eigenvalue weighted by Gasteiger charge is -2.26. The number of nitrogens with one attached hydrogen (secondary N) is 2. The molecule has 8 heteroatoms. The number of nitrogens with zero attached hydrogens (tertiary/aromatic N) is 3. The molecule has 4 N–H and O–H groups in total. The van der Waals surface area contributed by atoms with Crippen molar-refractivity contribution in [3.8, 4) is 6.07 Å². The van der Waals surface area contributed by atoms with E-state index in [1.165, 1.54) is 0 Å². The first-order chi connectivity index (χ1) is 13.5. The predicted octanol–water partition coefficient (Wildman–Crippen LogP) is 2.87. The molecule has 4 rings (SSSR count). The van der Waals surface area contributed by atoms with E-state index in [1.54, 1.807) is 10.9 Å². The lowest BCUT2D eigenvalue weighted by Crippen LogP contribution is -2.22. The number of rotatable bonds is 4. The number of hydrogen-bond acceptors (Lipinski definition) is 5. The van der Waals surface area contributed by atoms with Crippen molar-refractivity contribution in [2.75, 3.05) is 10.6 Å². The molecule has 144 valence electrons. The lowest BCUT2D eigenvalue weighted by atomic mass is 9.85. The van der Waals surface area contributed by atoms with E-state index >= 15 is 0 Å². The zero-order valence-electron chi connectivity index (χ0n) is 15.4. The van der Waals surface area contributed by atoms with E-state index < -0.39 is 5.91 Å². The molecule has 0 unspecified atom stereocenters. The van der Waals surface area contributed by atoms with Gasteiger partial charge in [-0.2, -0.15) is 10.4 Å². The summed E-state index contributed by atoms with van der Waals surface area (Å²) in [5.74, 6) is -0.282. The Morgan fingerprint density at radius 2 is 2.14 bits per heavy atom. The van der Waals surface area contributed by atoms with Crippen LogP contribution in [0.15, 0.2) is 24.4 Å². The van der Waals surface area contributed by atoms with E-state index in [-0.39, 0.29) is 17.9 Å². The predicted molar refractivity (Wildman–Crippen MR) is 104 cm³/mol. The Kier molecular flexibility index (Phi) is 4.74. The minimum absolute atomic E-state index is 0.0162. The number of nitriles is 1. The van der Waals surface area contributed by atoms with Gasteiger partial charge in [0.15, 0.2) is 5.82 Å². The van der Waals surface area contributed by atoms with Gasteiger partial charge in [0, 0.05) is 24.0 Å². The van der Waals surface area contributed by atoms with Crippen LogP contribution in [0.1, 0.15) is 54.1 Å². The summed E-state index contributed by atoms with van der Waals surface area (Å²) in [6, 6.07) is 7.92. The number of hydrogen-bond donors (Lipinski definition) is 3. The van der Waals surface area contributed by atoms with Crippen molar-refractivity contribution in [3.63, 3.8) is 0 Å². The summed E-state index contributed by atoms with van der Waals surface area (Å²) in [5.41, 5.74) is 8.46. The summed E-state index contributed by atoms with van der Waals surface area (Å²) in [7, 11) is 0. The van der Waals surface area contributed by atoms with E-state index in [1.807, 2.05) is 18.2 Å². The van der Waals surface area contributed by atoms with Crippen LogP contribution in [0.25, 0.3) is 0 Å². The molecule has 8 nitrogen and oxygen atoms in total. The zero-order chi connectivity index (χ0) is 19.7. The molecule has 1 fully saturated rings. The largest absolute Gasteiger partial charge is 0.365 e. The maximum atomic E-state index is 11.9. The summed E-state index contributed by atoms with van der Waals surface area (Å²) >= 11 is 0. The number of amides is 2. The Hall–Kier alpha value is -3.34. The van der Waals surface area contributed by atoms with Crippen LogP contribution in [0.5, 0.6) is 0 Å². The zero-order valence-corrected chi connectivity index (χ0v) is 15.4. The third-order valence-electron chi connectivity index (χ3n) is 5.50. The third-order valence-corrected chi connectivity index (χ3v) is 5.50. The highest BCUT2D eigenvalue weighted by molar-refractivity contribution is 5.98. The second-order valence-electron chi connectivity index (χ2n) is 7.37. The summed E-state index contributed by atoms with van der Waals surface area (Å²) < 4.78 is 1.72. The third kappa shape index (κ3) is 3.43. The van der Waals surface area contributed by atoms with Crippen molar-refractivity contribution >= 4 is 29.0 Å². The Labute approximate surface area is 162 Å². The first kappa shape index (κ1) is 18.0. The van der Waals surface area contributed by atoms with Gasteiger partial charge in [0.25, 0.3) is 5.91 Å². The van der Waals surface area contributed by atoms with E-state index in [2.05, 4.69) is 21.8 Å². The topological polar surface area (TPSA) is 126 Å². The van der Waals surface area contributed by atoms with Crippen LogP contribution in [-0.4, -0.2) is 21.6 Å². The number of benzene rings is 1. The van der Waals surface area contributed by atoms with Gasteiger partial charge in [-0.1, -0.05) is 12.8 Å². The van der Waals surface area contributed by atoms with Crippen molar-refractivity contribution in [3.05, 3.63) is 35.5 Å². The Morgan fingerprint density at radius 3 is 2.93 bits per heavy atom. The fraction of sp³-hybridized carbons (Fsp3) is 0.400. The molecule has 1 aromatic heterocycles. The molecular formula is C20H22N6O2. The van der Waals surface area contributed by atoms with Gasteiger partial charge in [-0.05, 0) is 43.0 Å². The van der Waals surface area contributed by atoms with Gasteiger partial charge >= 0.3 is 0 Å². The molecule has 1 aliphatic heterocycles. The normalized spacial score (nSPS) is 21.3. The quantitative estimate of drug-likeness (QED) is 0.754. The van der Waals surface area contributed by atoms with E-state index in [0.29, 0.717) is 24.2 Å². The molecule has 28 heavy (non-hydrogen) atoms. The van der Waals surface area contributed by atoms with Crippen molar-refractivity contribution in [2.45, 2.75) is 44.6 Å². The highest BCUT2D eigenvalue weighted by atomic mass is 16.2. The average molecular weight is 378 g/mol. The van der Waals surface area contributed by atoms with Crippen molar-refractivity contribution < 1.29 is 9.59 Å². The van der Waals surface area contributed by atoms with Crippen molar-refractivity contribution in [2.24, 2.45) is 11.7 Å². The Morgan fingerprint density at radius 1 is 1.32 bits per heavy atom. The number of primary amides is 1. The Bertz CT molecular complexity index is 974. The number of carbonyl (C=O) groups is 2. The second-order valence-corrected chi connectivity index (χ2v) is 7.37. The van der Waals surface area contributed by atoms with E-state index in [0.717, 1.165) is 42.6 Å². The van der Waals surface area contributed by atoms with Crippen molar-refractivity contribution in [1.82, 2.24) is 9.78 Å².